The largest absolute Gasteiger partial charge is 0.448 e. The first-order valence-corrected chi connectivity index (χ1v) is 4.99. The summed E-state index contributed by atoms with van der Waals surface area (Å²) >= 11 is 0. The maximum atomic E-state index is 11.4. The molecule has 0 amide bonds. The van der Waals surface area contributed by atoms with Crippen LogP contribution in [0.4, 0.5) is 4.79 Å². The quantitative estimate of drug-likeness (QED) is 0.741. The highest BCUT2D eigenvalue weighted by Gasteiger charge is 2.10. The highest BCUT2D eigenvalue weighted by atomic mass is 16.5. The Morgan fingerprint density at radius 1 is 1.57 bits per heavy atom. The van der Waals surface area contributed by atoms with Gasteiger partial charge in [-0.25, -0.2) is 4.79 Å². The lowest BCUT2D eigenvalue weighted by Crippen LogP contribution is -2.17. The van der Waals surface area contributed by atoms with Gasteiger partial charge >= 0.3 is 6.09 Å². The molecule has 0 bridgehead atoms. The van der Waals surface area contributed by atoms with Crippen LogP contribution in [0.3, 0.4) is 0 Å². The number of hydrogen-bond acceptors (Lipinski definition) is 3. The second-order valence-electron chi connectivity index (χ2n) is 3.04. The molecule has 0 fully saturated rings. The number of hydrogen-bond donors (Lipinski definition) is 0. The van der Waals surface area contributed by atoms with Gasteiger partial charge in [0.25, 0.3) is 0 Å². The lowest BCUT2D eigenvalue weighted by atomic mass is 10.2. The third kappa shape index (κ3) is 2.58. The van der Waals surface area contributed by atoms with E-state index < -0.39 is 0 Å². The van der Waals surface area contributed by atoms with Crippen LogP contribution in [-0.4, -0.2) is 22.5 Å². The third-order valence-electron chi connectivity index (χ3n) is 1.95. The summed E-state index contributed by atoms with van der Waals surface area (Å²) in [4.78, 5) is 11.4. The molecule has 0 aliphatic carbocycles. The van der Waals surface area contributed by atoms with Gasteiger partial charge in [-0.05, 0) is 25.8 Å². The van der Waals surface area contributed by atoms with Gasteiger partial charge in [0.15, 0.2) is 0 Å². The lowest BCUT2D eigenvalue weighted by molar-refractivity contribution is 0.149. The highest BCUT2D eigenvalue weighted by molar-refractivity contribution is 5.70. The van der Waals surface area contributed by atoms with E-state index in [0.717, 1.165) is 25.0 Å². The van der Waals surface area contributed by atoms with Crippen molar-refractivity contribution in [3.05, 3.63) is 18.0 Å². The molecular formula is C10H16N2O2. The zero-order valence-electron chi connectivity index (χ0n) is 8.69. The van der Waals surface area contributed by atoms with E-state index >= 15 is 0 Å². The molecule has 0 spiro atoms. The first-order valence-electron chi connectivity index (χ1n) is 4.99. The summed E-state index contributed by atoms with van der Waals surface area (Å²) in [6.45, 7) is 4.28. The standard InChI is InChI=1S/C10H16N2O2/c1-3-5-6-9-7-8-11-12(9)10(13)14-4-2/h7-8H,3-6H2,1-2H3. The minimum Gasteiger partial charge on any atom is -0.448 e. The normalized spacial score (nSPS) is 10.1. The van der Waals surface area contributed by atoms with Crippen molar-refractivity contribution in [1.82, 2.24) is 9.78 Å². The van der Waals surface area contributed by atoms with Gasteiger partial charge in [-0.15, -0.1) is 0 Å². The monoisotopic (exact) mass is 196 g/mol. The first kappa shape index (κ1) is 10.8. The molecule has 4 heteroatoms. The number of carbonyl (C=O) groups excluding carboxylic acids is 1. The lowest BCUT2D eigenvalue weighted by Gasteiger charge is -2.04. The molecule has 78 valence electrons. The van der Waals surface area contributed by atoms with Gasteiger partial charge in [-0.1, -0.05) is 13.3 Å². The van der Waals surface area contributed by atoms with Crippen molar-refractivity contribution in [3.8, 4) is 0 Å². The van der Waals surface area contributed by atoms with Crippen LogP contribution in [0.5, 0.6) is 0 Å². The van der Waals surface area contributed by atoms with E-state index in [9.17, 15) is 4.79 Å². The number of ether oxygens (including phenoxy) is 1. The summed E-state index contributed by atoms with van der Waals surface area (Å²) in [6, 6.07) is 1.85. The van der Waals surface area contributed by atoms with Crippen molar-refractivity contribution in [2.24, 2.45) is 0 Å². The van der Waals surface area contributed by atoms with Crippen LogP contribution in [0.1, 0.15) is 32.4 Å². The zero-order chi connectivity index (χ0) is 10.4. The second-order valence-corrected chi connectivity index (χ2v) is 3.04. The van der Waals surface area contributed by atoms with E-state index in [1.807, 2.05) is 6.07 Å². The van der Waals surface area contributed by atoms with Crippen molar-refractivity contribution < 1.29 is 9.53 Å². The topological polar surface area (TPSA) is 44.1 Å². The van der Waals surface area contributed by atoms with Crippen molar-refractivity contribution in [2.75, 3.05) is 6.61 Å². The zero-order valence-corrected chi connectivity index (χ0v) is 8.69. The average Bonchev–Trinajstić information content (AvgIpc) is 2.63. The summed E-state index contributed by atoms with van der Waals surface area (Å²) in [6.07, 6.45) is 4.28. The van der Waals surface area contributed by atoms with Gasteiger partial charge in [-0.3, -0.25) is 0 Å². The molecule has 0 aliphatic heterocycles. The fraction of sp³-hybridized carbons (Fsp3) is 0.600. The van der Waals surface area contributed by atoms with Gasteiger partial charge < -0.3 is 4.74 Å². The Labute approximate surface area is 83.9 Å². The van der Waals surface area contributed by atoms with Gasteiger partial charge in [-0.2, -0.15) is 9.78 Å². The van der Waals surface area contributed by atoms with E-state index in [1.165, 1.54) is 4.68 Å². The molecule has 14 heavy (non-hydrogen) atoms. The molecule has 0 N–H and O–H groups in total. The molecule has 0 unspecified atom stereocenters. The van der Waals surface area contributed by atoms with Crippen LogP contribution in [0, 0.1) is 0 Å². The molecule has 0 aromatic carbocycles. The minimum absolute atomic E-state index is 0.381. The maximum Gasteiger partial charge on any atom is 0.434 e. The summed E-state index contributed by atoms with van der Waals surface area (Å²) < 4.78 is 6.20. The van der Waals surface area contributed by atoms with Gasteiger partial charge in [0.2, 0.25) is 0 Å². The van der Waals surface area contributed by atoms with Gasteiger partial charge in [0.05, 0.1) is 12.3 Å². The molecule has 1 heterocycles. The van der Waals surface area contributed by atoms with E-state index in [4.69, 9.17) is 4.74 Å². The fourth-order valence-corrected chi connectivity index (χ4v) is 1.23. The molecule has 0 atom stereocenters. The Morgan fingerprint density at radius 2 is 2.36 bits per heavy atom. The van der Waals surface area contributed by atoms with E-state index in [2.05, 4.69) is 12.0 Å². The Kier molecular flexibility index (Phi) is 4.16. The van der Waals surface area contributed by atoms with Crippen molar-refractivity contribution in [2.45, 2.75) is 33.1 Å². The Hall–Kier alpha value is -1.32. The van der Waals surface area contributed by atoms with Crippen LogP contribution < -0.4 is 0 Å². The van der Waals surface area contributed by atoms with Crippen LogP contribution in [-0.2, 0) is 11.2 Å². The number of unbranched alkanes of at least 4 members (excludes halogenated alkanes) is 1. The van der Waals surface area contributed by atoms with Gasteiger partial charge in [0, 0.05) is 6.20 Å². The number of aryl methyl sites for hydroxylation is 1. The van der Waals surface area contributed by atoms with Crippen LogP contribution >= 0.6 is 0 Å². The average molecular weight is 196 g/mol. The van der Waals surface area contributed by atoms with E-state index in [1.54, 1.807) is 13.1 Å². The Balaban J connectivity index is 2.66. The molecule has 0 aliphatic rings. The fourth-order valence-electron chi connectivity index (χ4n) is 1.23. The predicted octanol–water partition coefficient (Wildman–Crippen LogP) is 2.23. The Bertz CT molecular complexity index is 294. The van der Waals surface area contributed by atoms with Gasteiger partial charge in [0.1, 0.15) is 0 Å². The number of rotatable bonds is 4. The number of aromatic nitrogens is 2. The predicted molar refractivity (Wildman–Crippen MR) is 53.3 cm³/mol. The van der Waals surface area contributed by atoms with Crippen LogP contribution in [0.15, 0.2) is 12.3 Å². The molecule has 0 saturated carbocycles. The smallest absolute Gasteiger partial charge is 0.434 e. The SMILES string of the molecule is CCCCc1ccnn1C(=O)OCC. The summed E-state index contributed by atoms with van der Waals surface area (Å²) in [7, 11) is 0. The maximum absolute atomic E-state index is 11.4. The third-order valence-corrected chi connectivity index (χ3v) is 1.95. The number of nitrogens with zero attached hydrogens (tertiary/aromatic N) is 2. The molecule has 4 nitrogen and oxygen atoms in total. The molecule has 0 radical (unpaired) electrons. The summed E-state index contributed by atoms with van der Waals surface area (Å²) in [5.74, 6) is 0. The van der Waals surface area contributed by atoms with E-state index in [0.29, 0.717) is 6.61 Å². The first-order chi connectivity index (χ1) is 6.79. The second kappa shape index (κ2) is 5.42. The molecule has 1 aromatic heterocycles. The summed E-state index contributed by atoms with van der Waals surface area (Å²) in [5, 5.41) is 3.93. The molecule has 1 aromatic rings. The molecule has 1 rings (SSSR count). The highest BCUT2D eigenvalue weighted by Crippen LogP contribution is 2.05. The molecule has 0 saturated heterocycles. The number of carbonyl (C=O) groups is 1. The Morgan fingerprint density at radius 3 is 3.00 bits per heavy atom. The molecular weight excluding hydrogens is 180 g/mol. The van der Waals surface area contributed by atoms with Crippen molar-refractivity contribution in [1.29, 1.82) is 0 Å². The van der Waals surface area contributed by atoms with Crippen molar-refractivity contribution >= 4 is 6.09 Å². The summed E-state index contributed by atoms with van der Waals surface area (Å²) in [5.41, 5.74) is 0.922. The van der Waals surface area contributed by atoms with Crippen LogP contribution in [0.25, 0.3) is 0 Å². The van der Waals surface area contributed by atoms with Crippen molar-refractivity contribution in [3.63, 3.8) is 0 Å². The van der Waals surface area contributed by atoms with Crippen LogP contribution in [0.2, 0.25) is 0 Å². The minimum atomic E-state index is -0.386. The van der Waals surface area contributed by atoms with E-state index in [-0.39, 0.29) is 6.09 Å².